The minimum atomic E-state index is 0.566. The first-order valence-electron chi connectivity index (χ1n) is 7.67. The lowest BCUT2D eigenvalue weighted by atomic mass is 9.97. The van der Waals surface area contributed by atoms with E-state index in [0.717, 1.165) is 12.3 Å². The van der Waals surface area contributed by atoms with Gasteiger partial charge >= 0.3 is 0 Å². The Kier molecular flexibility index (Phi) is 4.92. The van der Waals surface area contributed by atoms with Crippen LogP contribution in [0.2, 0.25) is 10.0 Å². The molecule has 2 aliphatic rings. The molecule has 3 heteroatoms. The van der Waals surface area contributed by atoms with E-state index in [1.165, 1.54) is 37.7 Å². The second-order valence-electron chi connectivity index (χ2n) is 6.00. The van der Waals surface area contributed by atoms with Crippen LogP contribution < -0.4 is 4.74 Å². The van der Waals surface area contributed by atoms with Crippen LogP contribution in [-0.2, 0) is 0 Å². The minimum Gasteiger partial charge on any atom is -0.487 e. The smallest absolute Gasteiger partial charge is 0.138 e. The predicted octanol–water partition coefficient (Wildman–Crippen LogP) is 6.21. The maximum absolute atomic E-state index is 6.11. The Labute approximate surface area is 136 Å². The van der Waals surface area contributed by atoms with Crippen molar-refractivity contribution in [2.45, 2.75) is 38.5 Å². The fraction of sp³-hybridized carbons (Fsp3) is 0.444. The van der Waals surface area contributed by atoms with Crippen LogP contribution >= 0.6 is 23.2 Å². The number of hydrogen-bond acceptors (Lipinski definition) is 1. The van der Waals surface area contributed by atoms with E-state index in [1.54, 1.807) is 17.7 Å². The molecular weight excluding hydrogens is 303 g/mol. The highest BCUT2D eigenvalue weighted by Crippen LogP contribution is 2.34. The summed E-state index contributed by atoms with van der Waals surface area (Å²) in [6.45, 7) is 0.579. The van der Waals surface area contributed by atoms with Crippen molar-refractivity contribution >= 4 is 23.2 Å². The van der Waals surface area contributed by atoms with Gasteiger partial charge in [0.15, 0.2) is 0 Å². The van der Waals surface area contributed by atoms with Crippen LogP contribution in [0, 0.1) is 5.92 Å². The summed E-state index contributed by atoms with van der Waals surface area (Å²) in [5.74, 6) is 1.61. The maximum atomic E-state index is 6.11. The van der Waals surface area contributed by atoms with Crippen LogP contribution in [0.3, 0.4) is 0 Å². The van der Waals surface area contributed by atoms with E-state index in [2.05, 4.69) is 12.2 Å². The first kappa shape index (κ1) is 15.0. The molecular formula is C18H20Cl2O. The highest BCUT2D eigenvalue weighted by molar-refractivity contribution is 6.35. The van der Waals surface area contributed by atoms with Crippen molar-refractivity contribution in [1.82, 2.24) is 0 Å². The van der Waals surface area contributed by atoms with Crippen LogP contribution in [-0.4, -0.2) is 6.61 Å². The largest absolute Gasteiger partial charge is 0.487 e. The summed E-state index contributed by atoms with van der Waals surface area (Å²) >= 11 is 12.0. The molecule has 0 aliphatic heterocycles. The molecule has 0 bridgehead atoms. The van der Waals surface area contributed by atoms with E-state index in [1.807, 2.05) is 6.07 Å². The standard InChI is InChI=1S/C18H20Cl2O/c19-16-7-8-18(17(20)11-16)21-12-15-6-5-14(10-15)9-13-3-1-2-4-13/h6-8,10-11,13H,1-5,9,12H2. The van der Waals surface area contributed by atoms with Crippen LogP contribution in [0.15, 0.2) is 41.5 Å². The van der Waals surface area contributed by atoms with Gasteiger partial charge in [-0.1, -0.05) is 66.6 Å². The first-order valence-corrected chi connectivity index (χ1v) is 8.42. The molecule has 1 nitrogen and oxygen atoms in total. The van der Waals surface area contributed by atoms with Crippen molar-refractivity contribution in [1.29, 1.82) is 0 Å². The summed E-state index contributed by atoms with van der Waals surface area (Å²) in [4.78, 5) is 0. The topological polar surface area (TPSA) is 9.23 Å². The molecule has 0 aromatic heterocycles. The lowest BCUT2D eigenvalue weighted by Gasteiger charge is -2.09. The molecule has 21 heavy (non-hydrogen) atoms. The van der Waals surface area contributed by atoms with Gasteiger partial charge in [-0.05, 0) is 42.5 Å². The zero-order valence-electron chi connectivity index (χ0n) is 12.1. The van der Waals surface area contributed by atoms with Gasteiger partial charge < -0.3 is 4.74 Å². The van der Waals surface area contributed by atoms with Gasteiger partial charge in [-0.2, -0.15) is 0 Å². The quantitative estimate of drug-likeness (QED) is 0.626. The molecule has 0 unspecified atom stereocenters. The summed E-state index contributed by atoms with van der Waals surface area (Å²) in [6.07, 6.45) is 12.6. The third kappa shape index (κ3) is 4.05. The molecule has 0 atom stereocenters. The van der Waals surface area contributed by atoms with Gasteiger partial charge in [0.25, 0.3) is 0 Å². The highest BCUT2D eigenvalue weighted by atomic mass is 35.5. The zero-order chi connectivity index (χ0) is 14.7. The summed E-state index contributed by atoms with van der Waals surface area (Å²) in [5.41, 5.74) is 2.82. The normalized spacial score (nSPS) is 18.8. The number of benzene rings is 1. The molecule has 0 N–H and O–H groups in total. The number of allylic oxidation sites excluding steroid dienone is 2. The molecule has 1 saturated carbocycles. The lowest BCUT2D eigenvalue weighted by Crippen LogP contribution is -1.99. The van der Waals surface area contributed by atoms with Crippen LogP contribution in [0.1, 0.15) is 38.5 Å². The fourth-order valence-corrected chi connectivity index (χ4v) is 3.69. The fourth-order valence-electron chi connectivity index (χ4n) is 3.22. The maximum Gasteiger partial charge on any atom is 0.138 e. The third-order valence-electron chi connectivity index (χ3n) is 4.33. The van der Waals surface area contributed by atoms with Crippen molar-refractivity contribution in [3.05, 3.63) is 51.5 Å². The summed E-state index contributed by atoms with van der Waals surface area (Å²) < 4.78 is 5.79. The Morgan fingerprint density at radius 2 is 1.95 bits per heavy atom. The van der Waals surface area contributed by atoms with E-state index >= 15 is 0 Å². The van der Waals surface area contributed by atoms with Gasteiger partial charge in [-0.25, -0.2) is 0 Å². The molecule has 0 amide bonds. The van der Waals surface area contributed by atoms with Gasteiger partial charge in [0.05, 0.1) is 5.02 Å². The second-order valence-corrected chi connectivity index (χ2v) is 6.85. The minimum absolute atomic E-state index is 0.566. The van der Waals surface area contributed by atoms with Crippen molar-refractivity contribution in [2.24, 2.45) is 5.92 Å². The number of rotatable bonds is 5. The zero-order valence-corrected chi connectivity index (χ0v) is 13.6. The van der Waals surface area contributed by atoms with Gasteiger partial charge in [0, 0.05) is 5.02 Å². The number of halogens is 2. The van der Waals surface area contributed by atoms with Crippen LogP contribution in [0.25, 0.3) is 0 Å². The van der Waals surface area contributed by atoms with Crippen molar-refractivity contribution < 1.29 is 4.74 Å². The van der Waals surface area contributed by atoms with Crippen LogP contribution in [0.4, 0.5) is 0 Å². The molecule has 1 fully saturated rings. The molecule has 1 aromatic rings. The van der Waals surface area contributed by atoms with Gasteiger partial charge in [-0.15, -0.1) is 0 Å². The Balaban J connectivity index is 1.52. The Bertz CT molecular complexity index is 569. The number of ether oxygens (including phenoxy) is 1. The molecule has 0 saturated heterocycles. The Hall–Kier alpha value is -0.920. The van der Waals surface area contributed by atoms with Crippen LogP contribution in [0.5, 0.6) is 5.75 Å². The number of hydrogen-bond donors (Lipinski definition) is 0. The lowest BCUT2D eigenvalue weighted by molar-refractivity contribution is 0.356. The summed E-state index contributed by atoms with van der Waals surface area (Å²) in [5, 5.41) is 1.20. The molecule has 2 aliphatic carbocycles. The van der Waals surface area contributed by atoms with E-state index in [-0.39, 0.29) is 0 Å². The highest BCUT2D eigenvalue weighted by Gasteiger charge is 2.18. The van der Waals surface area contributed by atoms with E-state index in [0.29, 0.717) is 22.4 Å². The molecule has 0 spiro atoms. The monoisotopic (exact) mass is 322 g/mol. The summed E-state index contributed by atoms with van der Waals surface area (Å²) in [6, 6.07) is 5.33. The Morgan fingerprint density at radius 3 is 2.71 bits per heavy atom. The van der Waals surface area contributed by atoms with E-state index in [9.17, 15) is 0 Å². The molecule has 112 valence electrons. The Morgan fingerprint density at radius 1 is 1.14 bits per heavy atom. The molecule has 1 aromatic carbocycles. The van der Waals surface area contributed by atoms with E-state index in [4.69, 9.17) is 27.9 Å². The average molecular weight is 323 g/mol. The average Bonchev–Trinajstić information content (AvgIpc) is 3.10. The molecule has 3 rings (SSSR count). The molecule has 0 heterocycles. The van der Waals surface area contributed by atoms with Crippen molar-refractivity contribution in [2.75, 3.05) is 6.61 Å². The SMILES string of the molecule is Clc1ccc(OCC2=CCC(CC3CCCC3)=C2)c(Cl)c1. The molecule has 0 radical (unpaired) electrons. The third-order valence-corrected chi connectivity index (χ3v) is 4.86. The van der Waals surface area contributed by atoms with Crippen molar-refractivity contribution in [3.63, 3.8) is 0 Å². The van der Waals surface area contributed by atoms with E-state index < -0.39 is 0 Å². The summed E-state index contributed by atoms with van der Waals surface area (Å²) in [7, 11) is 0. The van der Waals surface area contributed by atoms with Crippen molar-refractivity contribution in [3.8, 4) is 5.75 Å². The second kappa shape index (κ2) is 6.89. The first-order chi connectivity index (χ1) is 10.2. The van der Waals surface area contributed by atoms with Gasteiger partial charge in [0.1, 0.15) is 12.4 Å². The van der Waals surface area contributed by atoms with Gasteiger partial charge in [-0.3, -0.25) is 0 Å². The predicted molar refractivity (Wildman–Crippen MR) is 89.3 cm³/mol. The van der Waals surface area contributed by atoms with Gasteiger partial charge in [0.2, 0.25) is 0 Å².